The second-order valence-corrected chi connectivity index (χ2v) is 6.53. The quantitative estimate of drug-likeness (QED) is 0.757. The number of rotatable bonds is 3. The van der Waals surface area contributed by atoms with Crippen molar-refractivity contribution >= 4 is 34.1 Å². The van der Waals surface area contributed by atoms with E-state index in [0.717, 1.165) is 13.0 Å². The second-order valence-electron chi connectivity index (χ2n) is 5.19. The standard InChI is InChI=1S/C13H18N4O3S.ClH/c14-13-12-10(16-21(18,19)17-13)5-3-6-11(12)20-8-9-4-1-2-7-15-9;/h3,5-6,9,15-16H,1-2,4,7-8H2,(H2,14,17);1H. The van der Waals surface area contributed by atoms with E-state index < -0.39 is 10.2 Å². The largest absolute Gasteiger partial charge is 0.491 e. The Balaban J connectivity index is 0.00000176. The lowest BCUT2D eigenvalue weighted by Crippen LogP contribution is -2.38. The number of hydrogen-bond acceptors (Lipinski definition) is 5. The smallest absolute Gasteiger partial charge is 0.344 e. The van der Waals surface area contributed by atoms with Crippen LogP contribution in [0.5, 0.6) is 5.75 Å². The van der Waals surface area contributed by atoms with Gasteiger partial charge in [0.1, 0.15) is 12.4 Å². The highest BCUT2D eigenvalue weighted by Gasteiger charge is 2.24. The van der Waals surface area contributed by atoms with E-state index in [1.807, 2.05) is 0 Å². The highest BCUT2D eigenvalue weighted by atomic mass is 35.5. The van der Waals surface area contributed by atoms with Gasteiger partial charge in [-0.3, -0.25) is 4.72 Å². The van der Waals surface area contributed by atoms with Crippen molar-refractivity contribution in [1.82, 2.24) is 5.32 Å². The predicted molar refractivity (Wildman–Crippen MR) is 88.1 cm³/mol. The molecule has 2 aliphatic heterocycles. The zero-order chi connectivity index (χ0) is 14.9. The minimum Gasteiger partial charge on any atom is -0.491 e. The van der Waals surface area contributed by atoms with Crippen molar-refractivity contribution in [1.29, 1.82) is 0 Å². The summed E-state index contributed by atoms with van der Waals surface area (Å²) in [5, 5.41) is 3.40. The van der Waals surface area contributed by atoms with E-state index >= 15 is 0 Å². The molecule has 2 aliphatic rings. The molecule has 3 rings (SSSR count). The highest BCUT2D eigenvalue weighted by molar-refractivity contribution is 7.91. The van der Waals surface area contributed by atoms with Crippen LogP contribution < -0.4 is 20.5 Å². The first-order valence-corrected chi connectivity index (χ1v) is 8.37. The number of fused-ring (bicyclic) bond motifs is 1. The third-order valence-electron chi connectivity index (χ3n) is 3.59. The van der Waals surface area contributed by atoms with E-state index in [4.69, 9.17) is 10.5 Å². The maximum atomic E-state index is 11.5. The van der Waals surface area contributed by atoms with Gasteiger partial charge in [-0.2, -0.15) is 8.42 Å². The van der Waals surface area contributed by atoms with Crippen molar-refractivity contribution in [3.63, 3.8) is 0 Å². The van der Waals surface area contributed by atoms with Crippen molar-refractivity contribution in [2.45, 2.75) is 25.3 Å². The number of benzene rings is 1. The first kappa shape index (κ1) is 16.9. The van der Waals surface area contributed by atoms with Crippen LogP contribution in [0.3, 0.4) is 0 Å². The molecule has 1 atom stereocenters. The van der Waals surface area contributed by atoms with Crippen molar-refractivity contribution in [3.8, 4) is 5.75 Å². The Bertz CT molecular complexity index is 672. The van der Waals surface area contributed by atoms with Gasteiger partial charge in [0.15, 0.2) is 5.84 Å². The maximum Gasteiger partial charge on any atom is 0.344 e. The fraction of sp³-hybridized carbons (Fsp3) is 0.462. The maximum absolute atomic E-state index is 11.5. The van der Waals surface area contributed by atoms with Crippen LogP contribution in [0.25, 0.3) is 0 Å². The van der Waals surface area contributed by atoms with Gasteiger partial charge in [0.25, 0.3) is 0 Å². The molecule has 2 heterocycles. The summed E-state index contributed by atoms with van der Waals surface area (Å²) in [4.78, 5) is 0. The Kier molecular flexibility index (Phi) is 5.15. The summed E-state index contributed by atoms with van der Waals surface area (Å²) in [6, 6.07) is 5.45. The lowest BCUT2D eigenvalue weighted by atomic mass is 10.1. The SMILES string of the molecule is Cl.NC1=NS(=O)(=O)Nc2cccc(OCC3CCCCN3)c21. The molecule has 0 aromatic heterocycles. The van der Waals surface area contributed by atoms with Gasteiger partial charge in [-0.1, -0.05) is 12.5 Å². The monoisotopic (exact) mass is 346 g/mol. The number of ether oxygens (including phenoxy) is 1. The average molecular weight is 347 g/mol. The average Bonchev–Trinajstić information content (AvgIpc) is 2.44. The van der Waals surface area contributed by atoms with E-state index in [9.17, 15) is 8.42 Å². The van der Waals surface area contributed by atoms with E-state index in [2.05, 4.69) is 14.4 Å². The summed E-state index contributed by atoms with van der Waals surface area (Å²) in [5.41, 5.74) is 6.67. The van der Waals surface area contributed by atoms with Crippen LogP contribution in [0, 0.1) is 0 Å². The van der Waals surface area contributed by atoms with Crippen molar-refractivity contribution in [2.75, 3.05) is 17.9 Å². The number of nitrogens with one attached hydrogen (secondary N) is 2. The molecule has 1 aromatic rings. The molecule has 122 valence electrons. The van der Waals surface area contributed by atoms with E-state index in [-0.39, 0.29) is 18.2 Å². The molecule has 0 spiro atoms. The molecular weight excluding hydrogens is 328 g/mol. The molecule has 0 aliphatic carbocycles. The molecule has 4 N–H and O–H groups in total. The summed E-state index contributed by atoms with van der Waals surface area (Å²) < 4.78 is 34.7. The summed E-state index contributed by atoms with van der Waals surface area (Å²) in [5.74, 6) is 0.500. The normalized spacial score (nSPS) is 22.5. The van der Waals surface area contributed by atoms with Crippen LogP contribution in [-0.2, 0) is 10.2 Å². The molecule has 7 nitrogen and oxygen atoms in total. The van der Waals surface area contributed by atoms with Crippen LogP contribution in [0.4, 0.5) is 5.69 Å². The molecule has 1 saturated heterocycles. The number of piperidine rings is 1. The van der Waals surface area contributed by atoms with Crippen LogP contribution in [0.2, 0.25) is 0 Å². The molecule has 0 amide bonds. The Morgan fingerprint density at radius 3 is 2.91 bits per heavy atom. The highest BCUT2D eigenvalue weighted by Crippen LogP contribution is 2.30. The fourth-order valence-electron chi connectivity index (χ4n) is 2.59. The number of hydrogen-bond donors (Lipinski definition) is 3. The van der Waals surface area contributed by atoms with Gasteiger partial charge in [-0.25, -0.2) is 0 Å². The number of anilines is 1. The summed E-state index contributed by atoms with van der Waals surface area (Å²) in [6.07, 6.45) is 3.46. The predicted octanol–water partition coefficient (Wildman–Crippen LogP) is 1.00. The Hall–Kier alpha value is -1.51. The minimum atomic E-state index is -3.75. The molecule has 1 fully saturated rings. The van der Waals surface area contributed by atoms with Crippen molar-refractivity contribution in [3.05, 3.63) is 23.8 Å². The van der Waals surface area contributed by atoms with Crippen LogP contribution in [-0.4, -0.2) is 33.4 Å². The minimum absolute atomic E-state index is 0. The molecule has 0 saturated carbocycles. The van der Waals surface area contributed by atoms with Gasteiger partial charge in [0, 0.05) is 6.04 Å². The van der Waals surface area contributed by atoms with Crippen LogP contribution >= 0.6 is 12.4 Å². The zero-order valence-electron chi connectivity index (χ0n) is 11.9. The lowest BCUT2D eigenvalue weighted by Gasteiger charge is -2.25. The number of nitrogens with two attached hydrogens (primary N) is 1. The van der Waals surface area contributed by atoms with Crippen LogP contribution in [0.15, 0.2) is 22.6 Å². The summed E-state index contributed by atoms with van der Waals surface area (Å²) in [6.45, 7) is 1.53. The first-order chi connectivity index (χ1) is 10.1. The summed E-state index contributed by atoms with van der Waals surface area (Å²) in [7, 11) is -3.75. The molecule has 9 heteroatoms. The topological polar surface area (TPSA) is 106 Å². The van der Waals surface area contributed by atoms with E-state index in [0.29, 0.717) is 29.6 Å². The number of halogens is 1. The van der Waals surface area contributed by atoms with Gasteiger partial charge >= 0.3 is 10.2 Å². The third-order valence-corrected chi connectivity index (χ3v) is 4.51. The van der Waals surface area contributed by atoms with Crippen molar-refractivity contribution < 1.29 is 13.2 Å². The first-order valence-electron chi connectivity index (χ1n) is 6.93. The van der Waals surface area contributed by atoms with Crippen molar-refractivity contribution in [2.24, 2.45) is 10.1 Å². The second kappa shape index (κ2) is 6.72. The van der Waals surface area contributed by atoms with E-state index in [1.165, 1.54) is 12.8 Å². The Labute approximate surface area is 135 Å². The van der Waals surface area contributed by atoms with Crippen LogP contribution in [0.1, 0.15) is 24.8 Å². The lowest BCUT2D eigenvalue weighted by molar-refractivity contribution is 0.239. The third kappa shape index (κ3) is 3.63. The molecule has 1 aromatic carbocycles. The molecular formula is C13H19ClN4O3S. The Morgan fingerprint density at radius 2 is 2.18 bits per heavy atom. The molecule has 22 heavy (non-hydrogen) atoms. The Morgan fingerprint density at radius 1 is 1.36 bits per heavy atom. The molecule has 0 radical (unpaired) electrons. The van der Waals surface area contributed by atoms with Gasteiger partial charge in [0.2, 0.25) is 0 Å². The zero-order valence-corrected chi connectivity index (χ0v) is 13.5. The summed E-state index contributed by atoms with van der Waals surface area (Å²) >= 11 is 0. The number of amidine groups is 1. The molecule has 0 bridgehead atoms. The van der Waals surface area contributed by atoms with Gasteiger partial charge in [0.05, 0.1) is 11.3 Å². The fourth-order valence-corrected chi connectivity index (χ4v) is 3.44. The molecule has 1 unspecified atom stereocenters. The van der Waals surface area contributed by atoms with Gasteiger partial charge in [-0.05, 0) is 31.5 Å². The van der Waals surface area contributed by atoms with E-state index in [1.54, 1.807) is 18.2 Å². The van der Waals surface area contributed by atoms with Gasteiger partial charge in [-0.15, -0.1) is 16.8 Å². The number of nitrogens with zero attached hydrogens (tertiary/aromatic N) is 1. The van der Waals surface area contributed by atoms with Gasteiger partial charge < -0.3 is 15.8 Å².